The fraction of sp³-hybridized carbons (Fsp3) is 0.682. The van der Waals surface area contributed by atoms with Gasteiger partial charge in [0.1, 0.15) is 12.2 Å². The number of ether oxygens (including phenoxy) is 2. The Hall–Kier alpha value is -2.31. The Morgan fingerprint density at radius 3 is 2.45 bits per heavy atom. The van der Waals surface area contributed by atoms with Gasteiger partial charge in [-0.15, -0.1) is 0 Å². The van der Waals surface area contributed by atoms with Crippen LogP contribution in [-0.2, 0) is 9.53 Å². The van der Waals surface area contributed by atoms with Crippen molar-refractivity contribution in [1.29, 1.82) is 0 Å². The number of rotatable bonds is 5. The summed E-state index contributed by atoms with van der Waals surface area (Å²) >= 11 is 0. The van der Waals surface area contributed by atoms with E-state index in [0.29, 0.717) is 19.0 Å². The Morgan fingerprint density at radius 1 is 1.21 bits per heavy atom. The van der Waals surface area contributed by atoms with Crippen LogP contribution >= 0.6 is 0 Å². The minimum Gasteiger partial charge on any atom is -0.476 e. The summed E-state index contributed by atoms with van der Waals surface area (Å²) in [6.07, 6.45) is 1.41. The standard InChI is InChI=1S/C22H35N3O4/c1-14-9-15(2)18(23-10-14)28-13-22(7,8)19(26)24-17-12-25(11-16(17)3)20(27)29-21(4,5)6/h9-10,16-17H,11-13H2,1-8H3,(H,24,26)/t16-,17-/m1/s1. The molecule has 0 bridgehead atoms. The molecule has 1 aromatic heterocycles. The van der Waals surface area contributed by atoms with E-state index >= 15 is 0 Å². The highest BCUT2D eigenvalue weighted by molar-refractivity contribution is 5.82. The number of carbonyl (C=O) groups is 2. The second-order valence-electron chi connectivity index (χ2n) is 9.75. The summed E-state index contributed by atoms with van der Waals surface area (Å²) in [6.45, 7) is 16.4. The molecule has 1 N–H and O–H groups in total. The van der Waals surface area contributed by atoms with Gasteiger partial charge in [-0.1, -0.05) is 6.92 Å². The predicted octanol–water partition coefficient (Wildman–Crippen LogP) is 3.48. The summed E-state index contributed by atoms with van der Waals surface area (Å²) in [6, 6.07) is 1.88. The molecule has 1 aliphatic heterocycles. The highest BCUT2D eigenvalue weighted by atomic mass is 16.6. The molecule has 29 heavy (non-hydrogen) atoms. The van der Waals surface area contributed by atoms with Crippen LogP contribution in [0.15, 0.2) is 12.3 Å². The number of likely N-dealkylation sites (tertiary alicyclic amines) is 1. The zero-order valence-corrected chi connectivity index (χ0v) is 19.0. The van der Waals surface area contributed by atoms with E-state index in [1.54, 1.807) is 11.1 Å². The van der Waals surface area contributed by atoms with Crippen molar-refractivity contribution in [2.24, 2.45) is 11.3 Å². The first-order valence-electron chi connectivity index (χ1n) is 10.1. The topological polar surface area (TPSA) is 80.8 Å². The minimum absolute atomic E-state index is 0.106. The van der Waals surface area contributed by atoms with Crippen molar-refractivity contribution >= 4 is 12.0 Å². The van der Waals surface area contributed by atoms with Crippen LogP contribution in [0.5, 0.6) is 5.88 Å². The SMILES string of the molecule is Cc1cnc(OCC(C)(C)C(=O)N[C@@H]2CN(C(=O)OC(C)(C)C)C[C@H]2C)c(C)c1. The number of carbonyl (C=O) groups excluding carboxylic acids is 2. The van der Waals surface area contributed by atoms with Gasteiger partial charge < -0.3 is 19.7 Å². The van der Waals surface area contributed by atoms with Crippen molar-refractivity contribution in [3.8, 4) is 5.88 Å². The van der Waals surface area contributed by atoms with Crippen LogP contribution in [0.25, 0.3) is 0 Å². The van der Waals surface area contributed by atoms with Crippen molar-refractivity contribution in [3.05, 3.63) is 23.4 Å². The van der Waals surface area contributed by atoms with Gasteiger partial charge in [-0.3, -0.25) is 4.79 Å². The van der Waals surface area contributed by atoms with Gasteiger partial charge >= 0.3 is 6.09 Å². The molecule has 2 heterocycles. The summed E-state index contributed by atoms with van der Waals surface area (Å²) in [7, 11) is 0. The third-order valence-electron chi connectivity index (χ3n) is 4.93. The van der Waals surface area contributed by atoms with Crippen molar-refractivity contribution < 1.29 is 19.1 Å². The lowest BCUT2D eigenvalue weighted by Gasteiger charge is -2.27. The molecule has 0 spiro atoms. The lowest BCUT2D eigenvalue weighted by atomic mass is 9.92. The third-order valence-corrected chi connectivity index (χ3v) is 4.93. The molecule has 0 unspecified atom stereocenters. The van der Waals surface area contributed by atoms with Gasteiger partial charge in [0, 0.05) is 24.8 Å². The number of nitrogens with one attached hydrogen (secondary N) is 1. The van der Waals surface area contributed by atoms with E-state index in [2.05, 4.69) is 10.3 Å². The Kier molecular flexibility index (Phi) is 6.81. The van der Waals surface area contributed by atoms with Crippen LogP contribution < -0.4 is 10.1 Å². The molecule has 0 aliphatic carbocycles. The first-order valence-corrected chi connectivity index (χ1v) is 10.1. The van der Waals surface area contributed by atoms with Gasteiger partial charge in [0.05, 0.1) is 11.5 Å². The molecule has 0 saturated carbocycles. The minimum atomic E-state index is -0.738. The molecule has 162 valence electrons. The first kappa shape index (κ1) is 23.0. The van der Waals surface area contributed by atoms with Crippen LogP contribution in [0, 0.1) is 25.2 Å². The Labute approximate surface area is 174 Å². The maximum Gasteiger partial charge on any atom is 0.410 e. The average molecular weight is 406 g/mol. The maximum atomic E-state index is 12.9. The number of hydrogen-bond acceptors (Lipinski definition) is 5. The van der Waals surface area contributed by atoms with Crippen molar-refractivity contribution in [2.45, 2.75) is 67.0 Å². The molecule has 1 aliphatic rings. The number of hydrogen-bond donors (Lipinski definition) is 1. The molecule has 2 atom stereocenters. The van der Waals surface area contributed by atoms with Crippen molar-refractivity contribution in [3.63, 3.8) is 0 Å². The van der Waals surface area contributed by atoms with Crippen molar-refractivity contribution in [1.82, 2.24) is 15.2 Å². The monoisotopic (exact) mass is 405 g/mol. The normalized spacial score (nSPS) is 19.8. The summed E-state index contributed by atoms with van der Waals surface area (Å²) in [5.41, 5.74) is 0.733. The highest BCUT2D eigenvalue weighted by Gasteiger charge is 2.38. The molecule has 0 aromatic carbocycles. The lowest BCUT2D eigenvalue weighted by Crippen LogP contribution is -2.48. The fourth-order valence-electron chi connectivity index (χ4n) is 3.16. The van der Waals surface area contributed by atoms with E-state index in [4.69, 9.17) is 9.47 Å². The van der Waals surface area contributed by atoms with E-state index in [1.807, 2.05) is 61.5 Å². The van der Waals surface area contributed by atoms with Gasteiger partial charge in [0.25, 0.3) is 0 Å². The zero-order valence-electron chi connectivity index (χ0n) is 19.0. The zero-order chi connectivity index (χ0) is 22.0. The molecule has 1 saturated heterocycles. The highest BCUT2D eigenvalue weighted by Crippen LogP contribution is 2.24. The average Bonchev–Trinajstić information content (AvgIpc) is 2.93. The van der Waals surface area contributed by atoms with Crippen LogP contribution in [0.3, 0.4) is 0 Å². The largest absolute Gasteiger partial charge is 0.476 e. The Balaban J connectivity index is 1.93. The molecule has 7 nitrogen and oxygen atoms in total. The molecular weight excluding hydrogens is 370 g/mol. The van der Waals surface area contributed by atoms with Crippen molar-refractivity contribution in [2.75, 3.05) is 19.7 Å². The fourth-order valence-corrected chi connectivity index (χ4v) is 3.16. The van der Waals surface area contributed by atoms with Gasteiger partial charge in [-0.2, -0.15) is 0 Å². The summed E-state index contributed by atoms with van der Waals surface area (Å²) in [5.74, 6) is 0.580. The Morgan fingerprint density at radius 2 is 1.86 bits per heavy atom. The van der Waals surface area contributed by atoms with E-state index < -0.39 is 11.0 Å². The van der Waals surface area contributed by atoms with Crippen LogP contribution in [0.2, 0.25) is 0 Å². The van der Waals surface area contributed by atoms with Gasteiger partial charge in [0.2, 0.25) is 11.8 Å². The number of aromatic nitrogens is 1. The third kappa shape index (κ3) is 6.34. The van der Waals surface area contributed by atoms with Gasteiger partial charge in [-0.25, -0.2) is 9.78 Å². The van der Waals surface area contributed by atoms with E-state index in [0.717, 1.165) is 11.1 Å². The second-order valence-corrected chi connectivity index (χ2v) is 9.75. The molecule has 2 rings (SSSR count). The summed E-state index contributed by atoms with van der Waals surface area (Å²) < 4.78 is 11.3. The first-order chi connectivity index (χ1) is 13.3. The number of pyridine rings is 1. The molecule has 1 aromatic rings. The molecule has 1 fully saturated rings. The maximum absolute atomic E-state index is 12.9. The molecular formula is C22H35N3O4. The predicted molar refractivity (Wildman–Crippen MR) is 112 cm³/mol. The molecule has 7 heteroatoms. The molecule has 2 amide bonds. The quantitative estimate of drug-likeness (QED) is 0.811. The van der Waals surface area contributed by atoms with Crippen LogP contribution in [0.1, 0.15) is 52.7 Å². The summed E-state index contributed by atoms with van der Waals surface area (Å²) in [4.78, 5) is 31.2. The number of amides is 2. The Bertz CT molecular complexity index is 755. The van der Waals surface area contributed by atoms with E-state index in [-0.39, 0.29) is 30.6 Å². The number of aryl methyl sites for hydroxylation is 2. The van der Waals surface area contributed by atoms with Gasteiger partial charge in [0.15, 0.2) is 0 Å². The number of nitrogens with zero attached hydrogens (tertiary/aromatic N) is 2. The van der Waals surface area contributed by atoms with E-state index in [9.17, 15) is 9.59 Å². The van der Waals surface area contributed by atoms with Crippen LogP contribution in [-0.4, -0.2) is 53.2 Å². The van der Waals surface area contributed by atoms with E-state index in [1.165, 1.54) is 0 Å². The molecule has 0 radical (unpaired) electrons. The second kappa shape index (κ2) is 8.59. The van der Waals surface area contributed by atoms with Gasteiger partial charge in [-0.05, 0) is 66.0 Å². The summed E-state index contributed by atoms with van der Waals surface area (Å²) in [5, 5.41) is 3.09. The smallest absolute Gasteiger partial charge is 0.410 e. The van der Waals surface area contributed by atoms with Crippen LogP contribution in [0.4, 0.5) is 4.79 Å². The lowest BCUT2D eigenvalue weighted by molar-refractivity contribution is -0.131.